The Kier molecular flexibility index (Phi) is 7.84. The molecule has 2 aromatic carbocycles. The normalized spacial score (nSPS) is 15.6. The van der Waals surface area contributed by atoms with Crippen molar-refractivity contribution in [2.45, 2.75) is 6.42 Å². The molecule has 0 aliphatic carbocycles. The summed E-state index contributed by atoms with van der Waals surface area (Å²) >= 11 is 0. The zero-order chi connectivity index (χ0) is 21.4. The Morgan fingerprint density at radius 2 is 1.67 bits per heavy atom. The van der Waals surface area contributed by atoms with Gasteiger partial charge in [-0.1, -0.05) is 42.5 Å². The van der Waals surface area contributed by atoms with E-state index in [9.17, 15) is 13.2 Å². The summed E-state index contributed by atoms with van der Waals surface area (Å²) in [5.74, 6) is 0.00983. The highest BCUT2D eigenvalue weighted by molar-refractivity contribution is 7.89. The number of sulfonamides is 1. The fourth-order valence-electron chi connectivity index (χ4n) is 3.51. The number of carbonyl (C=O) groups excluding carboxylic acids is 1. The van der Waals surface area contributed by atoms with Gasteiger partial charge in [0, 0.05) is 39.3 Å². The average Bonchev–Trinajstić information content (AvgIpc) is 2.78. The summed E-state index contributed by atoms with van der Waals surface area (Å²) in [5.41, 5.74) is 1.68. The summed E-state index contributed by atoms with van der Waals surface area (Å²) in [6.07, 6.45) is 0.961. The first-order chi connectivity index (χ1) is 14.5. The number of amides is 1. The van der Waals surface area contributed by atoms with Crippen LogP contribution >= 0.6 is 0 Å². The summed E-state index contributed by atoms with van der Waals surface area (Å²) in [7, 11) is -1.91. The van der Waals surface area contributed by atoms with Crippen LogP contribution < -0.4 is 10.1 Å². The highest BCUT2D eigenvalue weighted by Crippen LogP contribution is 2.17. The molecule has 2 aromatic rings. The van der Waals surface area contributed by atoms with Crippen LogP contribution in [0.2, 0.25) is 0 Å². The quantitative estimate of drug-likeness (QED) is 0.653. The van der Waals surface area contributed by atoms with Crippen molar-refractivity contribution >= 4 is 15.9 Å². The number of para-hydroxylation sites is 1. The summed E-state index contributed by atoms with van der Waals surface area (Å²) < 4.78 is 32.0. The van der Waals surface area contributed by atoms with Gasteiger partial charge in [-0.3, -0.25) is 4.79 Å². The highest BCUT2D eigenvalue weighted by Gasteiger charge is 2.26. The van der Waals surface area contributed by atoms with E-state index in [2.05, 4.69) is 22.3 Å². The van der Waals surface area contributed by atoms with Crippen LogP contribution in [0.3, 0.4) is 0 Å². The van der Waals surface area contributed by atoms with Crippen LogP contribution in [-0.2, 0) is 16.4 Å². The van der Waals surface area contributed by atoms with Gasteiger partial charge < -0.3 is 15.0 Å². The second-order valence-electron chi connectivity index (χ2n) is 7.25. The molecule has 30 heavy (non-hydrogen) atoms. The van der Waals surface area contributed by atoms with Crippen LogP contribution in [0.1, 0.15) is 15.9 Å². The first kappa shape index (κ1) is 22.3. The van der Waals surface area contributed by atoms with Gasteiger partial charge in [-0.25, -0.2) is 8.42 Å². The molecule has 0 unspecified atom stereocenters. The van der Waals surface area contributed by atoms with Gasteiger partial charge in [-0.15, -0.1) is 0 Å². The van der Waals surface area contributed by atoms with E-state index in [1.54, 1.807) is 24.3 Å². The maximum Gasteiger partial charge on any atom is 0.255 e. The van der Waals surface area contributed by atoms with Crippen molar-refractivity contribution in [3.05, 3.63) is 65.7 Å². The van der Waals surface area contributed by atoms with Crippen molar-refractivity contribution in [3.8, 4) is 5.75 Å². The van der Waals surface area contributed by atoms with Crippen LogP contribution in [0.15, 0.2) is 54.6 Å². The Morgan fingerprint density at radius 3 is 2.37 bits per heavy atom. The molecule has 0 radical (unpaired) electrons. The third-order valence-corrected chi connectivity index (χ3v) is 7.15. The lowest BCUT2D eigenvalue weighted by Gasteiger charge is -2.34. The highest BCUT2D eigenvalue weighted by atomic mass is 32.2. The number of hydrogen-bond acceptors (Lipinski definition) is 5. The molecular weight excluding hydrogens is 402 g/mol. The van der Waals surface area contributed by atoms with E-state index >= 15 is 0 Å². The Labute approximate surface area is 178 Å². The SMILES string of the molecule is COc1ccccc1C(=O)NCCS(=O)(=O)N1CCN(CCc2ccccc2)CC1. The van der Waals surface area contributed by atoms with E-state index < -0.39 is 10.0 Å². The van der Waals surface area contributed by atoms with Gasteiger partial charge in [-0.05, 0) is 24.1 Å². The number of ether oxygens (including phenoxy) is 1. The largest absolute Gasteiger partial charge is 0.496 e. The van der Waals surface area contributed by atoms with Gasteiger partial charge in [0.2, 0.25) is 10.0 Å². The molecule has 1 N–H and O–H groups in total. The zero-order valence-corrected chi connectivity index (χ0v) is 18.1. The second kappa shape index (κ2) is 10.6. The Morgan fingerprint density at radius 1 is 1.00 bits per heavy atom. The minimum atomic E-state index is -3.41. The molecule has 0 atom stereocenters. The van der Waals surface area contributed by atoms with Crippen molar-refractivity contribution in [2.24, 2.45) is 0 Å². The predicted octanol–water partition coefficient (Wildman–Crippen LogP) is 1.62. The van der Waals surface area contributed by atoms with Crippen LogP contribution in [0, 0.1) is 0 Å². The fraction of sp³-hybridized carbons (Fsp3) is 0.409. The topological polar surface area (TPSA) is 78.9 Å². The summed E-state index contributed by atoms with van der Waals surface area (Å²) in [4.78, 5) is 14.6. The number of hydrogen-bond donors (Lipinski definition) is 1. The van der Waals surface area contributed by atoms with Crippen LogP contribution in [0.25, 0.3) is 0 Å². The van der Waals surface area contributed by atoms with Crippen molar-refractivity contribution in [1.29, 1.82) is 0 Å². The number of nitrogens with zero attached hydrogens (tertiary/aromatic N) is 2. The number of carbonyl (C=O) groups is 1. The molecule has 1 saturated heterocycles. The molecule has 0 bridgehead atoms. The van der Waals surface area contributed by atoms with E-state index in [0.29, 0.717) is 24.4 Å². The smallest absolute Gasteiger partial charge is 0.255 e. The van der Waals surface area contributed by atoms with Gasteiger partial charge in [0.1, 0.15) is 5.75 Å². The fourth-order valence-corrected chi connectivity index (χ4v) is 4.85. The first-order valence-corrected chi connectivity index (χ1v) is 11.8. The summed E-state index contributed by atoms with van der Waals surface area (Å²) in [6, 6.07) is 17.2. The van der Waals surface area contributed by atoms with Crippen molar-refractivity contribution in [1.82, 2.24) is 14.5 Å². The Bertz CT molecular complexity index is 926. The molecule has 8 heteroatoms. The number of piperazine rings is 1. The van der Waals surface area contributed by atoms with Gasteiger partial charge >= 0.3 is 0 Å². The lowest BCUT2D eigenvalue weighted by atomic mass is 10.1. The molecule has 0 spiro atoms. The van der Waals surface area contributed by atoms with Crippen LogP contribution in [0.4, 0.5) is 0 Å². The number of methoxy groups -OCH3 is 1. The monoisotopic (exact) mass is 431 g/mol. The van der Waals surface area contributed by atoms with Crippen LogP contribution in [-0.4, -0.2) is 75.7 Å². The standard InChI is InChI=1S/C22H29N3O4S/c1-29-21-10-6-5-9-20(21)22(26)23-12-18-30(27,28)25-16-14-24(15-17-25)13-11-19-7-3-2-4-8-19/h2-10H,11-18H2,1H3,(H,23,26). The number of nitrogens with one attached hydrogen (secondary N) is 1. The molecule has 3 rings (SSSR count). The second-order valence-corrected chi connectivity index (χ2v) is 9.34. The molecule has 0 saturated carbocycles. The Hall–Kier alpha value is -2.42. The molecule has 1 aliphatic rings. The van der Waals surface area contributed by atoms with Gasteiger partial charge in [-0.2, -0.15) is 4.31 Å². The molecule has 0 aromatic heterocycles. The maximum absolute atomic E-state index is 12.6. The van der Waals surface area contributed by atoms with Crippen molar-refractivity contribution in [2.75, 3.05) is 52.1 Å². The molecule has 1 aliphatic heterocycles. The maximum atomic E-state index is 12.6. The zero-order valence-electron chi connectivity index (χ0n) is 17.3. The minimum absolute atomic E-state index is 0.0629. The van der Waals surface area contributed by atoms with E-state index in [-0.39, 0.29) is 18.2 Å². The molecule has 1 fully saturated rings. The molecular formula is C22H29N3O4S. The van der Waals surface area contributed by atoms with Crippen molar-refractivity contribution < 1.29 is 17.9 Å². The number of benzene rings is 2. The summed E-state index contributed by atoms with van der Waals surface area (Å²) in [6.45, 7) is 3.40. The number of rotatable bonds is 9. The molecule has 1 heterocycles. The first-order valence-electron chi connectivity index (χ1n) is 10.1. The van der Waals surface area contributed by atoms with E-state index in [4.69, 9.17) is 4.74 Å². The van der Waals surface area contributed by atoms with E-state index in [1.165, 1.54) is 17.0 Å². The van der Waals surface area contributed by atoms with Gasteiger partial charge in [0.15, 0.2) is 0 Å². The lowest BCUT2D eigenvalue weighted by Crippen LogP contribution is -2.50. The summed E-state index contributed by atoms with van der Waals surface area (Å²) in [5, 5.41) is 2.68. The van der Waals surface area contributed by atoms with Gasteiger partial charge in [0.25, 0.3) is 5.91 Å². The predicted molar refractivity (Wildman–Crippen MR) is 117 cm³/mol. The molecule has 1 amide bonds. The van der Waals surface area contributed by atoms with E-state index in [0.717, 1.165) is 26.1 Å². The van der Waals surface area contributed by atoms with Crippen molar-refractivity contribution in [3.63, 3.8) is 0 Å². The minimum Gasteiger partial charge on any atom is -0.496 e. The lowest BCUT2D eigenvalue weighted by molar-refractivity contribution is 0.0953. The van der Waals surface area contributed by atoms with E-state index in [1.807, 2.05) is 18.2 Å². The third kappa shape index (κ3) is 6.04. The van der Waals surface area contributed by atoms with Gasteiger partial charge in [0.05, 0.1) is 18.4 Å². The Balaban J connectivity index is 1.42. The molecule has 7 nitrogen and oxygen atoms in total. The van der Waals surface area contributed by atoms with Crippen LogP contribution in [0.5, 0.6) is 5.75 Å². The molecule has 162 valence electrons. The third-order valence-electron chi connectivity index (χ3n) is 5.28. The average molecular weight is 432 g/mol.